The molecule has 3 aromatic rings. The normalized spacial score (nSPS) is 15.5. The number of carbonyl (C=O) groups is 1. The second kappa shape index (κ2) is 10.1. The molecule has 1 amide bonds. The summed E-state index contributed by atoms with van der Waals surface area (Å²) in [7, 11) is -3.77. The van der Waals surface area contributed by atoms with Gasteiger partial charge >= 0.3 is 0 Å². The van der Waals surface area contributed by atoms with Crippen LogP contribution >= 0.6 is 11.6 Å². The van der Waals surface area contributed by atoms with E-state index >= 15 is 0 Å². The third-order valence-electron chi connectivity index (χ3n) is 5.98. The monoisotopic (exact) mass is 486 g/mol. The quantitative estimate of drug-likeness (QED) is 0.529. The average Bonchev–Trinajstić information content (AvgIpc) is 2.83. The van der Waals surface area contributed by atoms with Crippen molar-refractivity contribution in [2.75, 3.05) is 19.7 Å². The maximum absolute atomic E-state index is 13.2. The highest BCUT2D eigenvalue weighted by atomic mass is 35.5. The lowest BCUT2D eigenvalue weighted by molar-refractivity contribution is -0.126. The first-order valence-corrected chi connectivity index (χ1v) is 12.9. The molecule has 1 saturated heterocycles. The van der Waals surface area contributed by atoms with Crippen molar-refractivity contribution in [3.63, 3.8) is 0 Å². The lowest BCUT2D eigenvalue weighted by Crippen LogP contribution is -2.43. The third-order valence-corrected chi connectivity index (χ3v) is 8.14. The Balaban J connectivity index is 1.39. The molecular weight excluding hydrogens is 460 g/mol. The molecule has 174 valence electrons. The fraction of sp³-hybridized carbons (Fsp3) is 0.320. The summed E-state index contributed by atoms with van der Waals surface area (Å²) in [5.41, 5.74) is 1.06. The van der Waals surface area contributed by atoms with Crippen molar-refractivity contribution in [2.24, 2.45) is 5.92 Å². The minimum Gasteiger partial charge on any atom is -0.492 e. The van der Waals surface area contributed by atoms with Crippen molar-refractivity contribution in [3.8, 4) is 5.75 Å². The number of halogens is 1. The van der Waals surface area contributed by atoms with Crippen LogP contribution in [-0.2, 0) is 21.4 Å². The minimum absolute atomic E-state index is 0.0438. The summed E-state index contributed by atoms with van der Waals surface area (Å²) >= 11 is 6.06. The van der Waals surface area contributed by atoms with Gasteiger partial charge in [0.25, 0.3) is 0 Å². The van der Waals surface area contributed by atoms with Crippen LogP contribution in [0.15, 0.2) is 65.6 Å². The van der Waals surface area contributed by atoms with Crippen LogP contribution < -0.4 is 10.1 Å². The lowest BCUT2D eigenvalue weighted by Gasteiger charge is -2.31. The van der Waals surface area contributed by atoms with Crippen molar-refractivity contribution in [1.29, 1.82) is 0 Å². The first-order chi connectivity index (χ1) is 15.9. The van der Waals surface area contributed by atoms with E-state index in [2.05, 4.69) is 5.32 Å². The second-order valence-electron chi connectivity index (χ2n) is 8.06. The number of nitrogens with one attached hydrogen (secondary N) is 1. The first kappa shape index (κ1) is 23.5. The Kier molecular flexibility index (Phi) is 7.22. The van der Waals surface area contributed by atoms with Crippen LogP contribution in [0.5, 0.6) is 5.75 Å². The van der Waals surface area contributed by atoms with Crippen LogP contribution in [0.1, 0.15) is 25.3 Å². The van der Waals surface area contributed by atoms with E-state index in [0.717, 1.165) is 16.3 Å². The standard InChI is InChI=1S/C25H27ClN2O4S/c1-2-32-23-11-10-21(26)16-24(23)33(30,31)28-14-12-19(13-15-28)25(29)27-17-20-8-5-7-18-6-3-4-9-22(18)20/h3-11,16,19H,2,12-15,17H2,1H3,(H,27,29). The molecule has 0 unspecified atom stereocenters. The molecule has 1 fully saturated rings. The molecule has 33 heavy (non-hydrogen) atoms. The highest BCUT2D eigenvalue weighted by Gasteiger charge is 2.33. The molecule has 8 heteroatoms. The Labute approximate surface area is 199 Å². The van der Waals surface area contributed by atoms with Gasteiger partial charge in [0.1, 0.15) is 10.6 Å². The van der Waals surface area contributed by atoms with Crippen LogP contribution in [0.4, 0.5) is 0 Å². The second-order valence-corrected chi connectivity index (χ2v) is 10.4. The summed E-state index contributed by atoms with van der Waals surface area (Å²) in [6.07, 6.45) is 0.927. The Morgan fingerprint density at radius 3 is 2.58 bits per heavy atom. The van der Waals surface area contributed by atoms with Gasteiger partial charge in [0, 0.05) is 30.6 Å². The zero-order valence-electron chi connectivity index (χ0n) is 18.5. The number of hydrogen-bond donors (Lipinski definition) is 1. The molecule has 0 atom stereocenters. The van der Waals surface area contributed by atoms with Gasteiger partial charge in [0.05, 0.1) is 6.61 Å². The molecule has 0 aromatic heterocycles. The van der Waals surface area contributed by atoms with E-state index in [4.69, 9.17) is 16.3 Å². The predicted octanol–water partition coefficient (Wildman–Crippen LogP) is 4.61. The maximum Gasteiger partial charge on any atom is 0.246 e. The zero-order valence-corrected chi connectivity index (χ0v) is 20.0. The van der Waals surface area contributed by atoms with Crippen LogP contribution in [-0.4, -0.2) is 38.3 Å². The molecule has 0 aliphatic carbocycles. The predicted molar refractivity (Wildman–Crippen MR) is 130 cm³/mol. The number of rotatable bonds is 7. The Hall–Kier alpha value is -2.61. The van der Waals surface area contributed by atoms with E-state index in [1.165, 1.54) is 10.4 Å². The Morgan fingerprint density at radius 2 is 1.82 bits per heavy atom. The number of piperidine rings is 1. The summed E-state index contributed by atoms with van der Waals surface area (Å²) in [4.78, 5) is 12.9. The Bertz CT molecular complexity index is 1250. The molecule has 1 heterocycles. The molecule has 1 aliphatic rings. The third kappa shape index (κ3) is 5.16. The molecule has 1 aliphatic heterocycles. The van der Waals surface area contributed by atoms with Crippen molar-refractivity contribution >= 4 is 38.3 Å². The molecule has 3 aromatic carbocycles. The number of fused-ring (bicyclic) bond motifs is 1. The first-order valence-electron chi connectivity index (χ1n) is 11.1. The highest BCUT2D eigenvalue weighted by Crippen LogP contribution is 2.32. The molecule has 6 nitrogen and oxygen atoms in total. The van der Waals surface area contributed by atoms with Crippen LogP contribution in [0.2, 0.25) is 5.02 Å². The van der Waals surface area contributed by atoms with Gasteiger partial charge in [-0.2, -0.15) is 4.31 Å². The van der Waals surface area contributed by atoms with E-state index in [-0.39, 0.29) is 35.6 Å². The van der Waals surface area contributed by atoms with Crippen molar-refractivity contribution in [1.82, 2.24) is 9.62 Å². The molecule has 0 radical (unpaired) electrons. The minimum atomic E-state index is -3.77. The van der Waals surface area contributed by atoms with Crippen molar-refractivity contribution in [3.05, 3.63) is 71.2 Å². The number of sulfonamides is 1. The summed E-state index contributed by atoms with van der Waals surface area (Å²) in [6, 6.07) is 18.7. The van der Waals surface area contributed by atoms with Crippen LogP contribution in [0.25, 0.3) is 10.8 Å². The number of ether oxygens (including phenoxy) is 1. The molecule has 0 spiro atoms. The summed E-state index contributed by atoms with van der Waals surface area (Å²) in [5.74, 6) is 0.0201. The smallest absolute Gasteiger partial charge is 0.246 e. The zero-order chi connectivity index (χ0) is 23.4. The van der Waals surface area contributed by atoms with Gasteiger partial charge in [-0.3, -0.25) is 4.79 Å². The SMILES string of the molecule is CCOc1ccc(Cl)cc1S(=O)(=O)N1CCC(C(=O)NCc2cccc3ccccc23)CC1. The number of hydrogen-bond acceptors (Lipinski definition) is 4. The van der Waals surface area contributed by atoms with E-state index in [1.54, 1.807) is 19.1 Å². The van der Waals surface area contributed by atoms with Crippen molar-refractivity contribution in [2.45, 2.75) is 31.2 Å². The largest absolute Gasteiger partial charge is 0.492 e. The van der Waals surface area contributed by atoms with Crippen LogP contribution in [0, 0.1) is 5.92 Å². The van der Waals surface area contributed by atoms with Gasteiger partial charge in [-0.15, -0.1) is 0 Å². The lowest BCUT2D eigenvalue weighted by atomic mass is 9.97. The van der Waals surface area contributed by atoms with Gasteiger partial charge in [-0.1, -0.05) is 54.1 Å². The molecule has 1 N–H and O–H groups in total. The Morgan fingerprint density at radius 1 is 1.09 bits per heavy atom. The van der Waals surface area contributed by atoms with Crippen LogP contribution in [0.3, 0.4) is 0 Å². The van der Waals surface area contributed by atoms with Gasteiger partial charge < -0.3 is 10.1 Å². The average molecular weight is 487 g/mol. The van der Waals surface area contributed by atoms with Crippen molar-refractivity contribution < 1.29 is 17.9 Å². The van der Waals surface area contributed by atoms with E-state index in [0.29, 0.717) is 31.0 Å². The van der Waals surface area contributed by atoms with E-state index in [1.807, 2.05) is 42.5 Å². The molecule has 0 saturated carbocycles. The fourth-order valence-electron chi connectivity index (χ4n) is 4.23. The summed E-state index contributed by atoms with van der Waals surface area (Å²) < 4.78 is 33.4. The fourth-order valence-corrected chi connectivity index (χ4v) is 6.09. The summed E-state index contributed by atoms with van der Waals surface area (Å²) in [5, 5.41) is 5.62. The number of amides is 1. The van der Waals surface area contributed by atoms with E-state index in [9.17, 15) is 13.2 Å². The maximum atomic E-state index is 13.2. The van der Waals surface area contributed by atoms with Gasteiger partial charge in [0.2, 0.25) is 15.9 Å². The van der Waals surface area contributed by atoms with E-state index < -0.39 is 10.0 Å². The number of nitrogens with zero attached hydrogens (tertiary/aromatic N) is 1. The molecular formula is C25H27ClN2O4S. The number of benzene rings is 3. The van der Waals surface area contributed by atoms with Gasteiger partial charge in [0.15, 0.2) is 0 Å². The topological polar surface area (TPSA) is 75.7 Å². The highest BCUT2D eigenvalue weighted by molar-refractivity contribution is 7.89. The number of carbonyl (C=O) groups excluding carboxylic acids is 1. The molecule has 4 rings (SSSR count). The molecule has 0 bridgehead atoms. The van der Waals surface area contributed by atoms with Gasteiger partial charge in [-0.25, -0.2) is 8.42 Å². The summed E-state index contributed by atoms with van der Waals surface area (Å²) in [6.45, 7) is 3.13. The van der Waals surface area contributed by atoms with Gasteiger partial charge in [-0.05, 0) is 54.3 Å².